The third-order valence-electron chi connectivity index (χ3n) is 3.41. The Morgan fingerprint density at radius 2 is 2.15 bits per heavy atom. The molecule has 1 amide bonds. The van der Waals surface area contributed by atoms with E-state index in [9.17, 15) is 9.59 Å². The molecular weight excluding hydrogens is 258 g/mol. The van der Waals surface area contributed by atoms with Crippen LogP contribution in [0, 0.1) is 12.8 Å². The van der Waals surface area contributed by atoms with Crippen molar-refractivity contribution in [1.29, 1.82) is 0 Å². The first-order chi connectivity index (χ1) is 9.51. The molecule has 1 saturated heterocycles. The van der Waals surface area contributed by atoms with Gasteiger partial charge in [-0.15, -0.1) is 0 Å². The number of benzene rings is 1. The monoisotopic (exact) mass is 277 g/mol. The molecule has 1 aromatic rings. The summed E-state index contributed by atoms with van der Waals surface area (Å²) >= 11 is 0. The molecule has 0 bridgehead atoms. The first kappa shape index (κ1) is 14.5. The van der Waals surface area contributed by atoms with E-state index in [0.717, 1.165) is 5.56 Å². The lowest BCUT2D eigenvalue weighted by molar-refractivity contribution is -0.119. The zero-order chi connectivity index (χ0) is 14.7. The molecule has 0 aromatic heterocycles. The summed E-state index contributed by atoms with van der Waals surface area (Å²) in [4.78, 5) is 23.9. The standard InChI is InChI=1S/C15H19NO4/c1-9-4-5-13(12(6-9)15(18)19-3)16-14(17)11-7-10(2)20-8-11/h4-6,10-11H,7-8H2,1-3H3,(H,16,17). The maximum Gasteiger partial charge on any atom is 0.339 e. The molecule has 0 radical (unpaired) electrons. The molecule has 0 saturated carbocycles. The highest BCUT2D eigenvalue weighted by molar-refractivity contribution is 6.02. The van der Waals surface area contributed by atoms with Crippen LogP contribution in [0.15, 0.2) is 18.2 Å². The van der Waals surface area contributed by atoms with Gasteiger partial charge >= 0.3 is 5.97 Å². The zero-order valence-corrected chi connectivity index (χ0v) is 11.9. The van der Waals surface area contributed by atoms with Crippen molar-refractivity contribution in [3.8, 4) is 0 Å². The lowest BCUT2D eigenvalue weighted by Gasteiger charge is -2.13. The van der Waals surface area contributed by atoms with Crippen molar-refractivity contribution in [2.45, 2.75) is 26.4 Å². The summed E-state index contributed by atoms with van der Waals surface area (Å²) in [6, 6.07) is 5.27. The van der Waals surface area contributed by atoms with E-state index in [-0.39, 0.29) is 17.9 Å². The Balaban J connectivity index is 2.16. The van der Waals surface area contributed by atoms with Crippen molar-refractivity contribution in [3.05, 3.63) is 29.3 Å². The zero-order valence-electron chi connectivity index (χ0n) is 11.9. The first-order valence-corrected chi connectivity index (χ1v) is 6.62. The predicted octanol–water partition coefficient (Wildman–Crippen LogP) is 2.15. The Morgan fingerprint density at radius 3 is 2.75 bits per heavy atom. The van der Waals surface area contributed by atoms with Gasteiger partial charge in [-0.05, 0) is 32.4 Å². The van der Waals surface area contributed by atoms with Gasteiger partial charge in [-0.1, -0.05) is 11.6 Å². The van der Waals surface area contributed by atoms with Crippen LogP contribution in [0.3, 0.4) is 0 Å². The summed E-state index contributed by atoms with van der Waals surface area (Å²) in [6.45, 7) is 4.25. The number of rotatable bonds is 3. The van der Waals surface area contributed by atoms with Gasteiger partial charge in [0.2, 0.25) is 5.91 Å². The van der Waals surface area contributed by atoms with Crippen molar-refractivity contribution >= 4 is 17.6 Å². The van der Waals surface area contributed by atoms with Crippen LogP contribution >= 0.6 is 0 Å². The van der Waals surface area contributed by atoms with Crippen LogP contribution < -0.4 is 5.32 Å². The van der Waals surface area contributed by atoms with Crippen LogP contribution in [-0.4, -0.2) is 31.7 Å². The molecule has 1 aliphatic rings. The van der Waals surface area contributed by atoms with Crippen LogP contribution in [-0.2, 0) is 14.3 Å². The Bertz CT molecular complexity index is 527. The molecule has 1 aromatic carbocycles. The Morgan fingerprint density at radius 1 is 1.40 bits per heavy atom. The summed E-state index contributed by atoms with van der Waals surface area (Å²) in [5.74, 6) is -0.750. The van der Waals surface area contributed by atoms with Crippen molar-refractivity contribution in [2.75, 3.05) is 19.0 Å². The summed E-state index contributed by atoms with van der Waals surface area (Å²) in [5.41, 5.74) is 1.78. The fourth-order valence-corrected chi connectivity index (χ4v) is 2.28. The number of hydrogen-bond donors (Lipinski definition) is 1. The number of carbonyl (C=O) groups excluding carboxylic acids is 2. The highest BCUT2D eigenvalue weighted by atomic mass is 16.5. The summed E-state index contributed by atoms with van der Waals surface area (Å²) in [7, 11) is 1.32. The highest BCUT2D eigenvalue weighted by Gasteiger charge is 2.29. The molecule has 0 spiro atoms. The molecule has 20 heavy (non-hydrogen) atoms. The molecular formula is C15H19NO4. The number of anilines is 1. The summed E-state index contributed by atoms with van der Waals surface area (Å²) < 4.78 is 10.1. The Labute approximate surface area is 118 Å². The average Bonchev–Trinajstić information content (AvgIpc) is 2.86. The van der Waals surface area contributed by atoms with E-state index >= 15 is 0 Å². The number of nitrogens with one attached hydrogen (secondary N) is 1. The van der Waals surface area contributed by atoms with Gasteiger partial charge in [-0.25, -0.2) is 4.79 Å². The van der Waals surface area contributed by atoms with Crippen molar-refractivity contribution < 1.29 is 19.1 Å². The molecule has 108 valence electrons. The second-order valence-corrected chi connectivity index (χ2v) is 5.11. The quantitative estimate of drug-likeness (QED) is 0.860. The second kappa shape index (κ2) is 6.05. The fourth-order valence-electron chi connectivity index (χ4n) is 2.28. The molecule has 1 N–H and O–H groups in total. The minimum atomic E-state index is -0.458. The summed E-state index contributed by atoms with van der Waals surface area (Å²) in [5, 5.41) is 2.80. The van der Waals surface area contributed by atoms with Gasteiger partial charge in [0.1, 0.15) is 0 Å². The maximum atomic E-state index is 12.2. The van der Waals surface area contributed by atoms with E-state index in [1.54, 1.807) is 12.1 Å². The number of amides is 1. The van der Waals surface area contributed by atoms with Crippen LogP contribution in [0.4, 0.5) is 5.69 Å². The molecule has 1 aliphatic heterocycles. The number of aryl methyl sites for hydroxylation is 1. The van der Waals surface area contributed by atoms with Crippen molar-refractivity contribution in [1.82, 2.24) is 0 Å². The molecule has 5 heteroatoms. The normalized spacial score (nSPS) is 21.6. The first-order valence-electron chi connectivity index (χ1n) is 6.62. The molecule has 5 nitrogen and oxygen atoms in total. The van der Waals surface area contributed by atoms with Gasteiger partial charge < -0.3 is 14.8 Å². The van der Waals surface area contributed by atoms with Gasteiger partial charge in [-0.2, -0.15) is 0 Å². The van der Waals surface area contributed by atoms with Crippen LogP contribution in [0.1, 0.15) is 29.3 Å². The van der Waals surface area contributed by atoms with Gasteiger partial charge in [0, 0.05) is 0 Å². The number of esters is 1. The van der Waals surface area contributed by atoms with E-state index in [2.05, 4.69) is 5.32 Å². The maximum absolute atomic E-state index is 12.2. The highest BCUT2D eigenvalue weighted by Crippen LogP contribution is 2.23. The molecule has 0 aliphatic carbocycles. The van der Waals surface area contributed by atoms with E-state index < -0.39 is 5.97 Å². The van der Waals surface area contributed by atoms with Crippen molar-refractivity contribution in [3.63, 3.8) is 0 Å². The smallest absolute Gasteiger partial charge is 0.339 e. The third kappa shape index (κ3) is 3.17. The topological polar surface area (TPSA) is 64.6 Å². The predicted molar refractivity (Wildman–Crippen MR) is 74.7 cm³/mol. The number of methoxy groups -OCH3 is 1. The van der Waals surface area contributed by atoms with Gasteiger partial charge in [0.25, 0.3) is 0 Å². The minimum absolute atomic E-state index is 0.101. The fraction of sp³-hybridized carbons (Fsp3) is 0.467. The Hall–Kier alpha value is -1.88. The van der Waals surface area contributed by atoms with Gasteiger partial charge in [0.15, 0.2) is 0 Å². The molecule has 2 atom stereocenters. The number of hydrogen-bond acceptors (Lipinski definition) is 4. The number of carbonyl (C=O) groups is 2. The SMILES string of the molecule is COC(=O)c1cc(C)ccc1NC(=O)C1COC(C)C1. The van der Waals surface area contributed by atoms with Crippen molar-refractivity contribution in [2.24, 2.45) is 5.92 Å². The summed E-state index contributed by atoms with van der Waals surface area (Å²) in [6.07, 6.45) is 0.800. The molecule has 1 heterocycles. The van der Waals surface area contributed by atoms with Crippen LogP contribution in [0.5, 0.6) is 0 Å². The lowest BCUT2D eigenvalue weighted by atomic mass is 10.0. The lowest BCUT2D eigenvalue weighted by Crippen LogP contribution is -2.24. The van der Waals surface area contributed by atoms with E-state index in [1.807, 2.05) is 19.9 Å². The Kier molecular flexibility index (Phi) is 4.39. The average molecular weight is 277 g/mol. The van der Waals surface area contributed by atoms with E-state index in [4.69, 9.17) is 9.47 Å². The molecule has 1 fully saturated rings. The van der Waals surface area contributed by atoms with Gasteiger partial charge in [0.05, 0.1) is 37.0 Å². The molecule has 2 unspecified atom stereocenters. The van der Waals surface area contributed by atoms with Crippen LogP contribution in [0.2, 0.25) is 0 Å². The van der Waals surface area contributed by atoms with E-state index in [1.165, 1.54) is 7.11 Å². The largest absolute Gasteiger partial charge is 0.465 e. The van der Waals surface area contributed by atoms with E-state index in [0.29, 0.717) is 24.3 Å². The minimum Gasteiger partial charge on any atom is -0.465 e. The number of ether oxygens (including phenoxy) is 2. The third-order valence-corrected chi connectivity index (χ3v) is 3.41. The molecule has 2 rings (SSSR count). The van der Waals surface area contributed by atoms with Crippen LogP contribution in [0.25, 0.3) is 0 Å². The van der Waals surface area contributed by atoms with Gasteiger partial charge in [-0.3, -0.25) is 4.79 Å². The second-order valence-electron chi connectivity index (χ2n) is 5.11.